The van der Waals surface area contributed by atoms with Gasteiger partial charge in [0.25, 0.3) is 0 Å². The fourth-order valence-corrected chi connectivity index (χ4v) is 3.35. The Balaban J connectivity index is 1.70. The molecule has 1 saturated heterocycles. The van der Waals surface area contributed by atoms with Gasteiger partial charge in [-0.2, -0.15) is 0 Å². The van der Waals surface area contributed by atoms with Gasteiger partial charge in [0.2, 0.25) is 0 Å². The summed E-state index contributed by atoms with van der Waals surface area (Å²) < 4.78 is 27.0. The maximum Gasteiger partial charge on any atom is 0.130 e. The lowest BCUT2D eigenvalue weighted by Crippen LogP contribution is -2.23. The maximum absolute atomic E-state index is 14.0. The van der Waals surface area contributed by atoms with Crippen LogP contribution in [0.3, 0.4) is 0 Å². The molecule has 0 N–H and O–H groups in total. The Morgan fingerprint density at radius 3 is 2.65 bits per heavy atom. The van der Waals surface area contributed by atoms with Crippen LogP contribution in [0.15, 0.2) is 48.5 Å². The predicted octanol–water partition coefficient (Wildman–Crippen LogP) is 3.77. The molecule has 0 aliphatic carbocycles. The van der Waals surface area contributed by atoms with Crippen molar-refractivity contribution < 1.29 is 13.6 Å². The quantitative estimate of drug-likeness (QED) is 0.783. The molecule has 23 heavy (non-hydrogen) atoms. The summed E-state index contributed by atoms with van der Waals surface area (Å²) in [6, 6.07) is 13.6. The van der Waals surface area contributed by atoms with E-state index in [1.54, 1.807) is 0 Å². The van der Waals surface area contributed by atoms with Crippen LogP contribution in [0, 0.1) is 17.6 Å². The van der Waals surface area contributed by atoms with Crippen LogP contribution in [0.1, 0.15) is 23.5 Å². The number of halogens is 2. The van der Waals surface area contributed by atoms with E-state index in [2.05, 4.69) is 17.0 Å². The monoisotopic (exact) mass is 315 g/mol. The van der Waals surface area contributed by atoms with E-state index < -0.39 is 17.6 Å². The number of nitrogens with zero attached hydrogens (tertiary/aromatic N) is 1. The Labute approximate surface area is 134 Å². The number of aldehydes is 1. The minimum atomic E-state index is -0.636. The van der Waals surface area contributed by atoms with E-state index in [9.17, 15) is 13.6 Å². The lowest BCUT2D eigenvalue weighted by molar-refractivity contribution is -0.110. The number of carbonyl (C=O) groups is 1. The van der Waals surface area contributed by atoms with Gasteiger partial charge in [-0.05, 0) is 36.1 Å². The molecule has 2 atom stereocenters. The highest BCUT2D eigenvalue weighted by Gasteiger charge is 2.31. The summed E-state index contributed by atoms with van der Waals surface area (Å²) in [6.45, 7) is 2.46. The summed E-state index contributed by atoms with van der Waals surface area (Å²) in [6.07, 6.45) is 1.64. The van der Waals surface area contributed by atoms with Gasteiger partial charge in [-0.3, -0.25) is 4.90 Å². The van der Waals surface area contributed by atoms with Crippen LogP contribution in [-0.2, 0) is 11.3 Å². The van der Waals surface area contributed by atoms with Crippen molar-refractivity contribution in [2.75, 3.05) is 13.1 Å². The van der Waals surface area contributed by atoms with Gasteiger partial charge in [-0.1, -0.05) is 36.4 Å². The molecule has 0 aromatic heterocycles. The van der Waals surface area contributed by atoms with E-state index in [1.165, 1.54) is 17.7 Å². The van der Waals surface area contributed by atoms with Crippen LogP contribution >= 0.6 is 0 Å². The van der Waals surface area contributed by atoms with Crippen molar-refractivity contribution in [1.29, 1.82) is 0 Å². The minimum Gasteiger partial charge on any atom is -0.303 e. The van der Waals surface area contributed by atoms with Crippen molar-refractivity contribution in [1.82, 2.24) is 4.90 Å². The number of hydrogen-bond donors (Lipinski definition) is 0. The van der Waals surface area contributed by atoms with E-state index in [0.717, 1.165) is 38.4 Å². The van der Waals surface area contributed by atoms with Crippen LogP contribution in [0.25, 0.3) is 0 Å². The molecule has 1 aliphatic heterocycles. The van der Waals surface area contributed by atoms with Gasteiger partial charge in [0.1, 0.15) is 17.9 Å². The first kappa shape index (κ1) is 15.8. The molecule has 0 amide bonds. The Hall–Kier alpha value is -2.07. The van der Waals surface area contributed by atoms with Gasteiger partial charge in [-0.25, -0.2) is 8.78 Å². The third kappa shape index (κ3) is 3.64. The molecule has 120 valence electrons. The number of likely N-dealkylation sites (tertiary alicyclic amines) is 1. The van der Waals surface area contributed by atoms with Gasteiger partial charge in [0.15, 0.2) is 0 Å². The van der Waals surface area contributed by atoms with Crippen molar-refractivity contribution >= 4 is 6.29 Å². The van der Waals surface area contributed by atoms with Gasteiger partial charge >= 0.3 is 0 Å². The second kappa shape index (κ2) is 7.01. The van der Waals surface area contributed by atoms with E-state index >= 15 is 0 Å². The molecule has 2 aromatic carbocycles. The highest BCUT2D eigenvalue weighted by molar-refractivity contribution is 5.63. The molecule has 0 radical (unpaired) electrons. The third-order valence-electron chi connectivity index (χ3n) is 4.53. The second-order valence-electron chi connectivity index (χ2n) is 6.10. The van der Waals surface area contributed by atoms with Crippen molar-refractivity contribution in [2.45, 2.75) is 18.9 Å². The third-order valence-corrected chi connectivity index (χ3v) is 4.53. The molecule has 2 nitrogen and oxygen atoms in total. The molecule has 2 unspecified atom stereocenters. The minimum absolute atomic E-state index is 0.0659. The lowest BCUT2D eigenvalue weighted by atomic mass is 9.86. The van der Waals surface area contributed by atoms with Gasteiger partial charge in [-0.15, -0.1) is 0 Å². The Morgan fingerprint density at radius 2 is 1.96 bits per heavy atom. The van der Waals surface area contributed by atoms with Crippen LogP contribution in [0.5, 0.6) is 0 Å². The first-order valence-electron chi connectivity index (χ1n) is 7.84. The topological polar surface area (TPSA) is 20.3 Å². The van der Waals surface area contributed by atoms with Crippen LogP contribution in [0.4, 0.5) is 8.78 Å². The van der Waals surface area contributed by atoms with Crippen LogP contribution in [-0.4, -0.2) is 24.3 Å². The lowest BCUT2D eigenvalue weighted by Gasteiger charge is -2.20. The highest BCUT2D eigenvalue weighted by atomic mass is 19.1. The molecule has 1 fully saturated rings. The molecular weight excluding hydrogens is 296 g/mol. The fraction of sp³-hybridized carbons (Fsp3) is 0.316. The standard InChI is InChI=1S/C19H19F2NO/c20-16-6-7-17(19(21)10-16)18(13-23)15-8-9-22(12-15)11-14-4-2-1-3-5-14/h1-7,10,13,15,18H,8-9,11-12H2. The number of benzene rings is 2. The summed E-state index contributed by atoms with van der Waals surface area (Å²) in [5.41, 5.74) is 1.52. The molecule has 1 aliphatic rings. The van der Waals surface area contributed by atoms with Crippen LogP contribution in [0.2, 0.25) is 0 Å². The van der Waals surface area contributed by atoms with Gasteiger partial charge in [0.05, 0.1) is 0 Å². The average Bonchev–Trinajstić information content (AvgIpc) is 2.99. The average molecular weight is 315 g/mol. The summed E-state index contributed by atoms with van der Waals surface area (Å²) in [7, 11) is 0. The maximum atomic E-state index is 14.0. The molecule has 0 bridgehead atoms. The predicted molar refractivity (Wildman–Crippen MR) is 85.0 cm³/mol. The molecule has 3 rings (SSSR count). The van der Waals surface area contributed by atoms with E-state index in [-0.39, 0.29) is 5.92 Å². The van der Waals surface area contributed by atoms with Crippen molar-refractivity contribution in [3.8, 4) is 0 Å². The first-order valence-corrected chi connectivity index (χ1v) is 7.84. The van der Waals surface area contributed by atoms with Crippen LogP contribution < -0.4 is 0 Å². The Kier molecular flexibility index (Phi) is 4.82. The van der Waals surface area contributed by atoms with Crippen molar-refractivity contribution in [3.63, 3.8) is 0 Å². The van der Waals surface area contributed by atoms with Crippen molar-refractivity contribution in [3.05, 3.63) is 71.3 Å². The normalized spacial score (nSPS) is 19.7. The summed E-state index contributed by atoms with van der Waals surface area (Å²) in [5.74, 6) is -1.70. The zero-order valence-electron chi connectivity index (χ0n) is 12.8. The highest BCUT2D eigenvalue weighted by Crippen LogP contribution is 2.32. The Bertz CT molecular complexity index is 674. The smallest absolute Gasteiger partial charge is 0.130 e. The molecule has 0 saturated carbocycles. The second-order valence-corrected chi connectivity index (χ2v) is 6.10. The molecule has 2 aromatic rings. The van der Waals surface area contributed by atoms with E-state index in [0.29, 0.717) is 5.56 Å². The zero-order chi connectivity index (χ0) is 16.2. The van der Waals surface area contributed by atoms with Gasteiger partial charge in [0, 0.05) is 25.1 Å². The summed E-state index contributed by atoms with van der Waals surface area (Å²) in [5, 5.41) is 0. The number of carbonyl (C=O) groups excluding carboxylic acids is 1. The molecule has 0 spiro atoms. The largest absolute Gasteiger partial charge is 0.303 e. The number of hydrogen-bond acceptors (Lipinski definition) is 2. The number of rotatable bonds is 5. The molecule has 1 heterocycles. The van der Waals surface area contributed by atoms with E-state index in [1.807, 2.05) is 18.2 Å². The molecular formula is C19H19F2NO. The summed E-state index contributed by atoms with van der Waals surface area (Å²) in [4.78, 5) is 13.8. The molecule has 4 heteroatoms. The SMILES string of the molecule is O=CC(c1ccc(F)cc1F)C1CCN(Cc2ccccc2)C1. The van der Waals surface area contributed by atoms with Gasteiger partial charge < -0.3 is 4.79 Å². The van der Waals surface area contributed by atoms with Crippen molar-refractivity contribution in [2.24, 2.45) is 5.92 Å². The zero-order valence-corrected chi connectivity index (χ0v) is 12.8. The first-order chi connectivity index (χ1) is 11.2. The summed E-state index contributed by atoms with van der Waals surface area (Å²) >= 11 is 0. The van der Waals surface area contributed by atoms with E-state index in [4.69, 9.17) is 0 Å². The fourth-order valence-electron chi connectivity index (χ4n) is 3.35. The Morgan fingerprint density at radius 1 is 1.17 bits per heavy atom.